The Bertz CT molecular complexity index is 471. The molecule has 0 aromatic heterocycles. The van der Waals surface area contributed by atoms with Crippen molar-refractivity contribution in [2.45, 2.75) is 19.4 Å². The second-order valence-corrected chi connectivity index (χ2v) is 7.63. The van der Waals surface area contributed by atoms with E-state index >= 15 is 0 Å². The number of carboxylic acids is 1. The van der Waals surface area contributed by atoms with Gasteiger partial charge in [0.1, 0.15) is 31.1 Å². The molecular formula is C8H19N3O9P2. The highest BCUT2D eigenvalue weighted by atomic mass is 31.2. The molecule has 0 aromatic rings. The van der Waals surface area contributed by atoms with Crippen LogP contribution in [0.3, 0.4) is 0 Å². The van der Waals surface area contributed by atoms with Gasteiger partial charge in [-0.05, 0) is 6.92 Å². The van der Waals surface area contributed by atoms with Crippen LogP contribution in [0.2, 0.25) is 0 Å². The van der Waals surface area contributed by atoms with Crippen molar-refractivity contribution in [1.82, 2.24) is 4.90 Å². The second kappa shape index (κ2) is 8.59. The molecule has 0 saturated heterocycles. The molecule has 14 heteroatoms. The fourth-order valence-corrected chi connectivity index (χ4v) is 3.19. The molecule has 0 aromatic carbocycles. The van der Waals surface area contributed by atoms with Crippen LogP contribution in [0.5, 0.6) is 0 Å². The molecule has 0 radical (unpaired) electrons. The van der Waals surface area contributed by atoms with Gasteiger partial charge in [-0.1, -0.05) is 5.16 Å². The largest absolute Gasteiger partial charge is 0.480 e. The summed E-state index contributed by atoms with van der Waals surface area (Å²) in [4.78, 5) is 52.0. The predicted molar refractivity (Wildman–Crippen MR) is 75.0 cm³/mol. The highest BCUT2D eigenvalue weighted by Gasteiger charge is 2.34. The zero-order valence-electron chi connectivity index (χ0n) is 11.6. The summed E-state index contributed by atoms with van der Waals surface area (Å²) in [6, 6.07) is -1.58. The van der Waals surface area contributed by atoms with Crippen molar-refractivity contribution in [2.24, 2.45) is 10.9 Å². The number of nitrogens with two attached hydrogens (primary N) is 1. The van der Waals surface area contributed by atoms with Crippen LogP contribution in [-0.4, -0.2) is 66.6 Å². The number of rotatable bonds is 10. The first-order valence-electron chi connectivity index (χ1n) is 5.80. The normalized spacial score (nSPS) is 14.9. The molecule has 0 rings (SSSR count). The van der Waals surface area contributed by atoms with Crippen LogP contribution in [0.4, 0.5) is 0 Å². The Balaban J connectivity index is 5.05. The van der Waals surface area contributed by atoms with Crippen molar-refractivity contribution in [2.75, 3.05) is 19.2 Å². The molecule has 0 spiro atoms. The minimum Gasteiger partial charge on any atom is -0.480 e. The Morgan fingerprint density at radius 3 is 2.00 bits per heavy atom. The quantitative estimate of drug-likeness (QED) is 0.0885. The maximum absolute atomic E-state index is 11.2. The fourth-order valence-electron chi connectivity index (χ4n) is 1.49. The highest BCUT2D eigenvalue weighted by Crippen LogP contribution is 2.41. The van der Waals surface area contributed by atoms with Gasteiger partial charge in [-0.15, -0.1) is 0 Å². The molecule has 12 nitrogen and oxygen atoms in total. The van der Waals surface area contributed by atoms with Crippen molar-refractivity contribution in [3.63, 3.8) is 0 Å². The van der Waals surface area contributed by atoms with Crippen molar-refractivity contribution in [1.29, 1.82) is 0 Å². The van der Waals surface area contributed by atoms with E-state index in [0.717, 1.165) is 0 Å². The van der Waals surface area contributed by atoms with E-state index in [2.05, 4.69) is 9.99 Å². The number of aliphatic carboxylic acids is 1. The van der Waals surface area contributed by atoms with E-state index in [0.29, 0.717) is 4.90 Å². The molecule has 0 heterocycles. The number of hydrogen-bond donors (Lipinski definition) is 6. The van der Waals surface area contributed by atoms with Gasteiger partial charge < -0.3 is 35.3 Å². The number of carboxylic acid groups (broad SMARTS) is 1. The molecule has 0 aliphatic heterocycles. The lowest BCUT2D eigenvalue weighted by atomic mass is 10.2. The molecule has 130 valence electrons. The van der Waals surface area contributed by atoms with Gasteiger partial charge in [0.15, 0.2) is 0 Å². The Kier molecular flexibility index (Phi) is 8.19. The summed E-state index contributed by atoms with van der Waals surface area (Å²) in [5, 5.41) is 12.4. The maximum Gasteiger partial charge on any atom is 0.339 e. The van der Waals surface area contributed by atoms with Crippen LogP contribution in [0.1, 0.15) is 13.3 Å². The highest BCUT2D eigenvalue weighted by molar-refractivity contribution is 7.52. The summed E-state index contributed by atoms with van der Waals surface area (Å²) in [6.07, 6.45) is -2.55. The van der Waals surface area contributed by atoms with Crippen molar-refractivity contribution in [3.05, 3.63) is 0 Å². The number of carbonyl (C=O) groups is 1. The Labute approximate surface area is 125 Å². The standard InChI is InChI=1S/C8H19N3O9P2/c1-6(9)10-20-3-2-7(8(12)13)11(4-21(14,15)16)5-22(17,18)19/h7H,2-5H2,1H3,(H2,9,10)(H,12,13)(H2,14,15,16)(H2,17,18,19)/t7-/m0/s1. The van der Waals surface area contributed by atoms with Crippen LogP contribution in [0.15, 0.2) is 5.16 Å². The third-order valence-electron chi connectivity index (χ3n) is 2.15. The second-order valence-electron chi connectivity index (χ2n) is 4.41. The first kappa shape index (κ1) is 21.0. The monoisotopic (exact) mass is 363 g/mol. The van der Waals surface area contributed by atoms with Crippen LogP contribution < -0.4 is 5.73 Å². The topological polar surface area (TPSA) is 203 Å². The van der Waals surface area contributed by atoms with Gasteiger partial charge >= 0.3 is 21.2 Å². The third kappa shape index (κ3) is 10.7. The van der Waals surface area contributed by atoms with E-state index in [4.69, 9.17) is 30.4 Å². The molecule has 22 heavy (non-hydrogen) atoms. The average molecular weight is 363 g/mol. The maximum atomic E-state index is 11.2. The van der Waals surface area contributed by atoms with Gasteiger partial charge in [0, 0.05) is 6.42 Å². The molecule has 0 bridgehead atoms. The molecule has 0 aliphatic carbocycles. The summed E-state index contributed by atoms with van der Waals surface area (Å²) >= 11 is 0. The third-order valence-corrected chi connectivity index (χ3v) is 3.61. The Hall–Kier alpha value is -1.00. The zero-order chi connectivity index (χ0) is 17.6. The lowest BCUT2D eigenvalue weighted by Gasteiger charge is -2.28. The molecule has 0 fully saturated rings. The molecule has 7 N–H and O–H groups in total. The fraction of sp³-hybridized carbons (Fsp3) is 0.750. The lowest BCUT2D eigenvalue weighted by molar-refractivity contribution is -0.143. The lowest BCUT2D eigenvalue weighted by Crippen LogP contribution is -2.43. The van der Waals surface area contributed by atoms with Crippen molar-refractivity contribution < 1.29 is 43.4 Å². The van der Waals surface area contributed by atoms with E-state index in [1.54, 1.807) is 0 Å². The van der Waals surface area contributed by atoms with Gasteiger partial charge in [0.2, 0.25) is 0 Å². The first-order valence-corrected chi connectivity index (χ1v) is 9.39. The number of nitrogens with zero attached hydrogens (tertiary/aromatic N) is 2. The van der Waals surface area contributed by atoms with Gasteiger partial charge in [0.25, 0.3) is 0 Å². The summed E-state index contributed by atoms with van der Waals surface area (Å²) < 4.78 is 22.0. The Morgan fingerprint density at radius 1 is 1.23 bits per heavy atom. The zero-order valence-corrected chi connectivity index (χ0v) is 13.4. The molecule has 0 amide bonds. The van der Waals surface area contributed by atoms with Gasteiger partial charge in [-0.3, -0.25) is 18.8 Å². The van der Waals surface area contributed by atoms with Crippen LogP contribution >= 0.6 is 15.2 Å². The van der Waals surface area contributed by atoms with Crippen molar-refractivity contribution in [3.8, 4) is 0 Å². The van der Waals surface area contributed by atoms with E-state index < -0.39 is 39.8 Å². The minimum atomic E-state index is -4.73. The molecule has 1 atom stereocenters. The molecule has 0 unspecified atom stereocenters. The average Bonchev–Trinajstić information content (AvgIpc) is 2.22. The molecular weight excluding hydrogens is 344 g/mol. The Morgan fingerprint density at radius 2 is 1.68 bits per heavy atom. The van der Waals surface area contributed by atoms with Crippen LogP contribution in [0, 0.1) is 0 Å². The summed E-state index contributed by atoms with van der Waals surface area (Å²) in [5.74, 6) is -1.44. The van der Waals surface area contributed by atoms with Crippen molar-refractivity contribution >= 4 is 27.0 Å². The number of amidine groups is 1. The van der Waals surface area contributed by atoms with E-state index in [1.807, 2.05) is 0 Å². The smallest absolute Gasteiger partial charge is 0.339 e. The SMILES string of the molecule is CC(N)=NOCC[C@@H](C(=O)O)N(CP(=O)(O)O)CP(=O)(O)O. The molecule has 0 aliphatic rings. The number of oxime groups is 1. The van der Waals surface area contributed by atoms with Gasteiger partial charge in [0.05, 0.1) is 0 Å². The van der Waals surface area contributed by atoms with E-state index in [1.165, 1.54) is 6.92 Å². The summed E-state index contributed by atoms with van der Waals surface area (Å²) in [6.45, 7) is 1.15. The van der Waals surface area contributed by atoms with E-state index in [-0.39, 0.29) is 18.9 Å². The first-order chi connectivity index (χ1) is 9.82. The van der Waals surface area contributed by atoms with E-state index in [9.17, 15) is 13.9 Å². The number of hydrogen-bond acceptors (Lipinski definition) is 6. The molecule has 0 saturated carbocycles. The van der Waals surface area contributed by atoms with Crippen LogP contribution in [0.25, 0.3) is 0 Å². The predicted octanol–water partition coefficient (Wildman–Crippen LogP) is -1.29. The van der Waals surface area contributed by atoms with Gasteiger partial charge in [-0.25, -0.2) is 0 Å². The van der Waals surface area contributed by atoms with Crippen LogP contribution in [-0.2, 0) is 18.8 Å². The van der Waals surface area contributed by atoms with Gasteiger partial charge in [-0.2, -0.15) is 0 Å². The minimum absolute atomic E-state index is 0.0779. The summed E-state index contributed by atoms with van der Waals surface area (Å²) in [7, 11) is -9.45. The summed E-state index contributed by atoms with van der Waals surface area (Å²) in [5.41, 5.74) is 5.19.